The number of rotatable bonds is 0. The van der Waals surface area contributed by atoms with Gasteiger partial charge in [0.2, 0.25) is 0 Å². The molecule has 0 bridgehead atoms. The Morgan fingerprint density at radius 1 is 1.75 bits per heavy atom. The third-order valence-corrected chi connectivity index (χ3v) is 6.41. The number of ketones is 1. The SMILES string of the molecule is CC1=[N][In]([CH3])[CH2]C1=O. The average molecular weight is 213 g/mol. The van der Waals surface area contributed by atoms with Crippen molar-refractivity contribution in [2.24, 2.45) is 2.98 Å². The summed E-state index contributed by atoms with van der Waals surface area (Å²) in [5.74, 6) is 0.299. The fraction of sp³-hybridized carbons (Fsp3) is 0.600. The second-order valence-electron chi connectivity index (χ2n) is 2.19. The zero-order valence-electron chi connectivity index (χ0n) is 5.14. The molecule has 42 valence electrons. The third-order valence-electron chi connectivity index (χ3n) is 1.30. The van der Waals surface area contributed by atoms with E-state index in [9.17, 15) is 4.79 Å². The van der Waals surface area contributed by atoms with Crippen LogP contribution in [0.25, 0.3) is 0 Å². The third kappa shape index (κ3) is 1.13. The van der Waals surface area contributed by atoms with Gasteiger partial charge in [0.1, 0.15) is 0 Å². The Balaban J connectivity index is 2.73. The van der Waals surface area contributed by atoms with E-state index in [2.05, 4.69) is 7.66 Å². The van der Waals surface area contributed by atoms with Crippen molar-refractivity contribution in [1.82, 2.24) is 0 Å². The normalized spacial score (nSPS) is 19.5. The maximum absolute atomic E-state index is 10.7. The van der Waals surface area contributed by atoms with E-state index in [1.54, 1.807) is 0 Å². The predicted molar refractivity (Wildman–Crippen MR) is 34.5 cm³/mol. The maximum atomic E-state index is 10.7. The van der Waals surface area contributed by atoms with Crippen LogP contribution in [0.3, 0.4) is 0 Å². The van der Waals surface area contributed by atoms with E-state index >= 15 is 0 Å². The van der Waals surface area contributed by atoms with Crippen molar-refractivity contribution in [3.05, 3.63) is 0 Å². The molecule has 0 saturated heterocycles. The van der Waals surface area contributed by atoms with Crippen molar-refractivity contribution >= 4 is 33.2 Å². The van der Waals surface area contributed by atoms with Crippen LogP contribution in [-0.2, 0) is 4.79 Å². The first-order chi connectivity index (χ1) is 3.70. The molecule has 0 spiro atoms. The number of carbonyl (C=O) groups is 1. The van der Waals surface area contributed by atoms with E-state index < -0.39 is 21.7 Å². The molecule has 0 atom stereocenters. The molecule has 1 aliphatic rings. The zero-order chi connectivity index (χ0) is 6.15. The Morgan fingerprint density at radius 3 is 2.50 bits per heavy atom. The van der Waals surface area contributed by atoms with Gasteiger partial charge in [-0.3, -0.25) is 0 Å². The molecule has 0 aromatic heterocycles. The molecule has 0 amide bonds. The van der Waals surface area contributed by atoms with E-state index in [1.807, 2.05) is 6.92 Å². The van der Waals surface area contributed by atoms with Crippen LogP contribution in [0.4, 0.5) is 0 Å². The first kappa shape index (κ1) is 6.33. The molecule has 0 aromatic carbocycles. The van der Waals surface area contributed by atoms with Gasteiger partial charge in [0.25, 0.3) is 0 Å². The monoisotopic (exact) mass is 213 g/mol. The van der Waals surface area contributed by atoms with Gasteiger partial charge >= 0.3 is 56.8 Å². The van der Waals surface area contributed by atoms with Crippen LogP contribution in [0.1, 0.15) is 6.92 Å². The fourth-order valence-corrected chi connectivity index (χ4v) is 5.80. The summed E-state index contributed by atoms with van der Waals surface area (Å²) >= 11 is -1.52. The molecular formula is C5H8InNO. The summed E-state index contributed by atoms with van der Waals surface area (Å²) in [6.45, 7) is 1.82. The first-order valence-electron chi connectivity index (χ1n) is 2.78. The molecule has 1 aliphatic heterocycles. The van der Waals surface area contributed by atoms with Crippen LogP contribution in [0.2, 0.25) is 8.86 Å². The van der Waals surface area contributed by atoms with Gasteiger partial charge in [-0.2, -0.15) is 0 Å². The molecule has 0 aromatic rings. The molecule has 1 rings (SSSR count). The number of Topliss-reactive ketones (excluding diaryl/α,β-unsaturated/α-hetero) is 1. The number of hydrogen-bond donors (Lipinski definition) is 0. The Morgan fingerprint density at radius 2 is 2.38 bits per heavy atom. The van der Waals surface area contributed by atoms with Gasteiger partial charge in [0, 0.05) is 0 Å². The summed E-state index contributed by atoms with van der Waals surface area (Å²) in [4.78, 5) is 10.7. The Hall–Kier alpha value is 0.210. The van der Waals surface area contributed by atoms with Crippen LogP contribution in [0.5, 0.6) is 0 Å². The van der Waals surface area contributed by atoms with Crippen LogP contribution >= 0.6 is 0 Å². The van der Waals surface area contributed by atoms with Gasteiger partial charge in [0.05, 0.1) is 0 Å². The summed E-state index contributed by atoms with van der Waals surface area (Å²) in [6, 6.07) is 0. The van der Waals surface area contributed by atoms with Crippen LogP contribution in [0, 0.1) is 0 Å². The number of carbonyl (C=O) groups excluding carboxylic acids is 1. The van der Waals surface area contributed by atoms with E-state index in [1.165, 1.54) is 0 Å². The molecule has 0 fully saturated rings. The first-order valence-corrected chi connectivity index (χ1v) is 9.87. The Labute approximate surface area is 56.9 Å². The molecule has 0 saturated carbocycles. The summed E-state index contributed by atoms with van der Waals surface area (Å²) in [5, 5.41) is 0. The number of nitrogens with zero attached hydrogens (tertiary/aromatic N) is 1. The standard InChI is InChI=1S/C4H5NO.CH3.In/c1-3(5)4(2)6;;/h2H2,1H3;1H3;/q-1;;+1. The van der Waals surface area contributed by atoms with Crippen molar-refractivity contribution < 1.29 is 4.79 Å². The number of hydrogen-bond acceptors (Lipinski definition) is 2. The van der Waals surface area contributed by atoms with Crippen LogP contribution in [-0.4, -0.2) is 33.2 Å². The topological polar surface area (TPSA) is 29.4 Å². The minimum absolute atomic E-state index is 0.299. The minimum atomic E-state index is -1.52. The van der Waals surface area contributed by atoms with Crippen molar-refractivity contribution in [2.45, 2.75) is 15.8 Å². The molecule has 2 nitrogen and oxygen atoms in total. The molecule has 0 unspecified atom stereocenters. The quantitative estimate of drug-likeness (QED) is 0.580. The van der Waals surface area contributed by atoms with Gasteiger partial charge in [-0.25, -0.2) is 0 Å². The predicted octanol–water partition coefficient (Wildman–Crippen LogP) is 0.651. The molecule has 1 heterocycles. The summed E-state index contributed by atoms with van der Waals surface area (Å²) in [6.07, 6.45) is 0. The summed E-state index contributed by atoms with van der Waals surface area (Å²) < 4.78 is 7.24. The van der Waals surface area contributed by atoms with E-state index in [0.717, 1.165) is 9.89 Å². The second kappa shape index (κ2) is 2.21. The van der Waals surface area contributed by atoms with Crippen molar-refractivity contribution in [3.8, 4) is 0 Å². The van der Waals surface area contributed by atoms with Crippen LogP contribution < -0.4 is 0 Å². The van der Waals surface area contributed by atoms with Crippen molar-refractivity contribution in [3.63, 3.8) is 0 Å². The van der Waals surface area contributed by atoms with Crippen LogP contribution in [0.15, 0.2) is 2.98 Å². The van der Waals surface area contributed by atoms with Gasteiger partial charge < -0.3 is 0 Å². The van der Waals surface area contributed by atoms with E-state index in [-0.39, 0.29) is 0 Å². The Bertz CT molecular complexity index is 153. The molecular weight excluding hydrogens is 205 g/mol. The van der Waals surface area contributed by atoms with Gasteiger partial charge in [0.15, 0.2) is 0 Å². The fourth-order valence-electron chi connectivity index (χ4n) is 0.864. The van der Waals surface area contributed by atoms with Crippen molar-refractivity contribution in [2.75, 3.05) is 0 Å². The molecule has 3 heteroatoms. The summed E-state index contributed by atoms with van der Waals surface area (Å²) in [5.41, 5.74) is 0.785. The van der Waals surface area contributed by atoms with E-state index in [4.69, 9.17) is 0 Å². The molecule has 0 aliphatic carbocycles. The average Bonchev–Trinajstić information content (AvgIpc) is 1.85. The van der Waals surface area contributed by atoms with Gasteiger partial charge in [-0.05, 0) is 0 Å². The van der Waals surface area contributed by atoms with Gasteiger partial charge in [-0.15, -0.1) is 0 Å². The summed E-state index contributed by atoms with van der Waals surface area (Å²) in [7, 11) is 0. The van der Waals surface area contributed by atoms with E-state index in [0.29, 0.717) is 5.78 Å². The van der Waals surface area contributed by atoms with Crippen molar-refractivity contribution in [1.29, 1.82) is 0 Å². The molecule has 0 radical (unpaired) electrons. The Kier molecular flexibility index (Phi) is 1.75. The molecule has 0 N–H and O–H groups in total. The van der Waals surface area contributed by atoms with Gasteiger partial charge in [-0.1, -0.05) is 0 Å². The molecule has 8 heavy (non-hydrogen) atoms. The zero-order valence-corrected chi connectivity index (χ0v) is 8.44. The second-order valence-corrected chi connectivity index (χ2v) is 8.94.